The summed E-state index contributed by atoms with van der Waals surface area (Å²) in [7, 11) is 3.44. The minimum Gasteiger partial charge on any atom is -0.458 e. The van der Waals surface area contributed by atoms with Crippen molar-refractivity contribution in [2.45, 2.75) is 32.0 Å². The molecule has 126 valence electrons. The van der Waals surface area contributed by atoms with Crippen molar-refractivity contribution < 1.29 is 19.1 Å². The summed E-state index contributed by atoms with van der Waals surface area (Å²) >= 11 is 0. The Hall–Kier alpha value is -2.56. The lowest BCUT2D eigenvalue weighted by molar-refractivity contribution is -0.152. The van der Waals surface area contributed by atoms with Crippen LogP contribution in [0.3, 0.4) is 0 Å². The number of hydrogen-bond acceptors (Lipinski definition) is 4. The van der Waals surface area contributed by atoms with Crippen molar-refractivity contribution in [1.29, 1.82) is 0 Å². The van der Waals surface area contributed by atoms with Crippen LogP contribution in [-0.4, -0.2) is 37.2 Å². The Bertz CT molecular complexity index is 733. The molecule has 1 aliphatic heterocycles. The van der Waals surface area contributed by atoms with E-state index >= 15 is 0 Å². The normalized spacial score (nSPS) is 22.7. The van der Waals surface area contributed by atoms with Crippen LogP contribution < -0.4 is 0 Å². The third-order valence-electron chi connectivity index (χ3n) is 4.42. The minimum absolute atomic E-state index is 0.00159. The van der Waals surface area contributed by atoms with E-state index < -0.39 is 6.29 Å². The lowest BCUT2D eigenvalue weighted by atomic mass is 9.92. The number of fused-ring (bicyclic) bond motifs is 1. The molecule has 0 saturated heterocycles. The van der Waals surface area contributed by atoms with Gasteiger partial charge in [-0.25, -0.2) is 4.79 Å². The van der Waals surface area contributed by atoms with E-state index in [9.17, 15) is 9.59 Å². The Balaban J connectivity index is 1.87. The zero-order chi connectivity index (χ0) is 17.3. The SMILES string of the molecule is CC1=CC(O/C=C(\C(=O)N(C)C)C2CCc3ccccc32)OC1=O. The molecule has 1 aromatic rings. The first kappa shape index (κ1) is 16.3. The summed E-state index contributed by atoms with van der Waals surface area (Å²) in [4.78, 5) is 25.6. The van der Waals surface area contributed by atoms with Crippen molar-refractivity contribution in [1.82, 2.24) is 4.90 Å². The number of nitrogens with zero attached hydrogens (tertiary/aromatic N) is 1. The highest BCUT2D eigenvalue weighted by atomic mass is 16.7. The van der Waals surface area contributed by atoms with Gasteiger partial charge >= 0.3 is 5.97 Å². The molecule has 0 saturated carbocycles. The number of carbonyl (C=O) groups excluding carboxylic acids is 2. The van der Waals surface area contributed by atoms with Gasteiger partial charge < -0.3 is 14.4 Å². The summed E-state index contributed by atoms with van der Waals surface area (Å²) in [6, 6.07) is 8.16. The molecule has 1 aromatic carbocycles. The fourth-order valence-electron chi connectivity index (χ4n) is 3.13. The Labute approximate surface area is 141 Å². The number of aryl methyl sites for hydroxylation is 1. The van der Waals surface area contributed by atoms with Gasteiger partial charge in [0.1, 0.15) is 0 Å². The summed E-state index contributed by atoms with van der Waals surface area (Å²) in [5.41, 5.74) is 3.53. The summed E-state index contributed by atoms with van der Waals surface area (Å²) in [6.07, 6.45) is 4.12. The number of amides is 1. The Morgan fingerprint density at radius 2 is 2.08 bits per heavy atom. The number of likely N-dealkylation sites (N-methyl/N-ethyl adjacent to an activating group) is 1. The van der Waals surface area contributed by atoms with E-state index in [2.05, 4.69) is 12.1 Å². The number of rotatable bonds is 4. The number of hydrogen-bond donors (Lipinski definition) is 0. The standard InChI is InChI=1S/C19H21NO4/c1-12-10-17(24-19(12)22)23-11-16(18(21)20(2)3)15-9-8-13-6-4-5-7-14(13)15/h4-7,10-11,15,17H,8-9H2,1-3H3/b16-11-. The first-order valence-corrected chi connectivity index (χ1v) is 8.01. The zero-order valence-corrected chi connectivity index (χ0v) is 14.1. The molecular weight excluding hydrogens is 306 g/mol. The molecule has 2 aliphatic rings. The quantitative estimate of drug-likeness (QED) is 0.484. The Morgan fingerprint density at radius 1 is 1.33 bits per heavy atom. The van der Waals surface area contributed by atoms with Crippen molar-refractivity contribution in [2.24, 2.45) is 0 Å². The van der Waals surface area contributed by atoms with Gasteiger partial charge in [-0.05, 0) is 30.9 Å². The fraction of sp³-hybridized carbons (Fsp3) is 0.368. The molecule has 0 N–H and O–H groups in total. The predicted molar refractivity (Wildman–Crippen MR) is 89.0 cm³/mol. The van der Waals surface area contributed by atoms with E-state index in [1.54, 1.807) is 27.1 Å². The Kier molecular flexibility index (Phi) is 4.42. The lowest BCUT2D eigenvalue weighted by Gasteiger charge is -2.20. The maximum absolute atomic E-state index is 12.6. The molecular formula is C19H21NO4. The largest absolute Gasteiger partial charge is 0.458 e. The topological polar surface area (TPSA) is 55.8 Å². The van der Waals surface area contributed by atoms with Crippen molar-refractivity contribution >= 4 is 11.9 Å². The molecule has 24 heavy (non-hydrogen) atoms. The van der Waals surface area contributed by atoms with Crippen molar-refractivity contribution in [3.63, 3.8) is 0 Å². The molecule has 5 heteroatoms. The molecule has 0 spiro atoms. The van der Waals surface area contributed by atoms with Gasteiger partial charge in [0.25, 0.3) is 12.2 Å². The monoisotopic (exact) mass is 327 g/mol. The maximum atomic E-state index is 12.6. The van der Waals surface area contributed by atoms with Crippen LogP contribution in [0.25, 0.3) is 0 Å². The van der Waals surface area contributed by atoms with E-state index in [-0.39, 0.29) is 17.8 Å². The molecule has 0 fully saturated rings. The number of carbonyl (C=O) groups is 2. The second kappa shape index (κ2) is 6.51. The van der Waals surface area contributed by atoms with Gasteiger partial charge in [0, 0.05) is 31.7 Å². The maximum Gasteiger partial charge on any atom is 0.336 e. The van der Waals surface area contributed by atoms with E-state index in [0.29, 0.717) is 11.1 Å². The van der Waals surface area contributed by atoms with Crippen LogP contribution >= 0.6 is 0 Å². The highest BCUT2D eigenvalue weighted by molar-refractivity contribution is 5.94. The van der Waals surface area contributed by atoms with Crippen molar-refractivity contribution in [2.75, 3.05) is 14.1 Å². The van der Waals surface area contributed by atoms with Gasteiger partial charge in [0.15, 0.2) is 0 Å². The first-order valence-electron chi connectivity index (χ1n) is 8.01. The smallest absolute Gasteiger partial charge is 0.336 e. The summed E-state index contributed by atoms with van der Waals surface area (Å²) in [6.45, 7) is 1.68. The number of benzene rings is 1. The van der Waals surface area contributed by atoms with Crippen LogP contribution in [-0.2, 0) is 25.5 Å². The van der Waals surface area contributed by atoms with Crippen LogP contribution in [0.2, 0.25) is 0 Å². The highest BCUT2D eigenvalue weighted by Gasteiger charge is 2.31. The van der Waals surface area contributed by atoms with Gasteiger partial charge in [-0.1, -0.05) is 24.3 Å². The fourth-order valence-corrected chi connectivity index (χ4v) is 3.13. The van der Waals surface area contributed by atoms with Crippen molar-refractivity contribution in [3.05, 3.63) is 58.9 Å². The van der Waals surface area contributed by atoms with Gasteiger partial charge in [-0.3, -0.25) is 4.79 Å². The van der Waals surface area contributed by atoms with Gasteiger partial charge in [-0.2, -0.15) is 0 Å². The zero-order valence-electron chi connectivity index (χ0n) is 14.1. The van der Waals surface area contributed by atoms with Crippen LogP contribution in [0, 0.1) is 0 Å². The second-order valence-electron chi connectivity index (χ2n) is 6.32. The molecule has 1 amide bonds. The van der Waals surface area contributed by atoms with E-state index in [0.717, 1.165) is 18.4 Å². The van der Waals surface area contributed by atoms with Crippen LogP contribution in [0.5, 0.6) is 0 Å². The predicted octanol–water partition coefficient (Wildman–Crippen LogP) is 2.53. The summed E-state index contributed by atoms with van der Waals surface area (Å²) < 4.78 is 10.6. The first-order chi connectivity index (χ1) is 11.5. The average molecular weight is 327 g/mol. The summed E-state index contributed by atoms with van der Waals surface area (Å²) in [5, 5.41) is 0. The minimum atomic E-state index is -0.765. The molecule has 0 bridgehead atoms. The average Bonchev–Trinajstić information content (AvgIpc) is 3.11. The molecule has 2 atom stereocenters. The Morgan fingerprint density at radius 3 is 2.75 bits per heavy atom. The van der Waals surface area contributed by atoms with Gasteiger partial charge in [0.2, 0.25) is 0 Å². The van der Waals surface area contributed by atoms with E-state index in [1.165, 1.54) is 16.7 Å². The molecule has 1 heterocycles. The van der Waals surface area contributed by atoms with Gasteiger partial charge in [-0.15, -0.1) is 0 Å². The van der Waals surface area contributed by atoms with Crippen molar-refractivity contribution in [3.8, 4) is 0 Å². The lowest BCUT2D eigenvalue weighted by Crippen LogP contribution is -2.26. The van der Waals surface area contributed by atoms with Crippen LogP contribution in [0.1, 0.15) is 30.4 Å². The molecule has 3 rings (SSSR count). The summed E-state index contributed by atoms with van der Waals surface area (Å²) in [5.74, 6) is -0.486. The van der Waals surface area contributed by atoms with Crippen LogP contribution in [0.4, 0.5) is 0 Å². The molecule has 2 unspecified atom stereocenters. The number of ether oxygens (including phenoxy) is 2. The van der Waals surface area contributed by atoms with E-state index in [4.69, 9.17) is 9.47 Å². The second-order valence-corrected chi connectivity index (χ2v) is 6.32. The van der Waals surface area contributed by atoms with Crippen LogP contribution in [0.15, 0.2) is 47.7 Å². The number of esters is 1. The van der Waals surface area contributed by atoms with E-state index in [1.807, 2.05) is 12.1 Å². The highest BCUT2D eigenvalue weighted by Crippen LogP contribution is 2.38. The molecule has 0 radical (unpaired) electrons. The third kappa shape index (κ3) is 3.07. The third-order valence-corrected chi connectivity index (χ3v) is 4.42. The molecule has 1 aliphatic carbocycles. The van der Waals surface area contributed by atoms with Gasteiger partial charge in [0.05, 0.1) is 11.8 Å². The number of cyclic esters (lactones) is 1. The molecule has 5 nitrogen and oxygen atoms in total. The molecule has 0 aromatic heterocycles.